The molecule has 0 amide bonds. The minimum atomic E-state index is -0.590. The zero-order chi connectivity index (χ0) is 33.3. The third-order valence-electron chi connectivity index (χ3n) is 9.45. The van der Waals surface area contributed by atoms with Gasteiger partial charge in [-0.3, -0.25) is 4.98 Å². The summed E-state index contributed by atoms with van der Waals surface area (Å²) in [6.45, 7) is 0. The molecule has 50 heavy (non-hydrogen) atoms. The summed E-state index contributed by atoms with van der Waals surface area (Å²) in [6, 6.07) is 58.8. The first-order valence-corrected chi connectivity index (χ1v) is 16.7. The van der Waals surface area contributed by atoms with E-state index in [1.807, 2.05) is 65.8 Å². The van der Waals surface area contributed by atoms with Crippen molar-refractivity contribution in [3.8, 4) is 28.4 Å². The molecule has 5 nitrogen and oxygen atoms in total. The molecule has 0 spiro atoms. The number of anilines is 3. The van der Waals surface area contributed by atoms with Gasteiger partial charge in [0.1, 0.15) is 17.3 Å². The molecular weight excluding hydrogens is 613 g/mol. The maximum Gasteiger partial charge on any atom is 0.145 e. The van der Waals surface area contributed by atoms with Crippen molar-refractivity contribution < 1.29 is 4.74 Å². The maximum absolute atomic E-state index is 6.57. The summed E-state index contributed by atoms with van der Waals surface area (Å²) in [5, 5.41) is 0. The number of nitrogens with zero attached hydrogens (tertiary/aromatic N) is 4. The van der Waals surface area contributed by atoms with Gasteiger partial charge in [-0.1, -0.05) is 103 Å². The van der Waals surface area contributed by atoms with Crippen molar-refractivity contribution in [1.29, 1.82) is 0 Å². The van der Waals surface area contributed by atoms with Crippen molar-refractivity contribution >= 4 is 17.1 Å². The van der Waals surface area contributed by atoms with Gasteiger partial charge < -0.3 is 14.2 Å². The van der Waals surface area contributed by atoms with Gasteiger partial charge >= 0.3 is 0 Å². The second-order valence-corrected chi connectivity index (χ2v) is 12.3. The van der Waals surface area contributed by atoms with E-state index in [1.54, 1.807) is 0 Å². The molecule has 1 aliphatic carbocycles. The van der Waals surface area contributed by atoms with Crippen LogP contribution < -0.4 is 9.64 Å². The lowest BCUT2D eigenvalue weighted by atomic mass is 9.70. The van der Waals surface area contributed by atoms with Crippen LogP contribution >= 0.6 is 0 Å². The summed E-state index contributed by atoms with van der Waals surface area (Å²) < 4.78 is 8.57. The fourth-order valence-corrected chi connectivity index (χ4v) is 7.35. The highest BCUT2D eigenvalue weighted by atomic mass is 16.5. The number of ether oxygens (including phenoxy) is 1. The molecule has 0 bridgehead atoms. The Labute approximate surface area is 291 Å². The van der Waals surface area contributed by atoms with Crippen LogP contribution in [0.4, 0.5) is 17.1 Å². The van der Waals surface area contributed by atoms with E-state index in [1.165, 1.54) is 22.3 Å². The Kier molecular flexibility index (Phi) is 7.29. The molecule has 8 aromatic rings. The van der Waals surface area contributed by atoms with Crippen LogP contribution in [0.5, 0.6) is 11.5 Å². The van der Waals surface area contributed by atoms with Gasteiger partial charge in [0.05, 0.1) is 23.0 Å². The molecule has 5 heteroatoms. The van der Waals surface area contributed by atoms with Gasteiger partial charge in [-0.25, -0.2) is 4.98 Å². The highest BCUT2D eigenvalue weighted by molar-refractivity contribution is 5.86. The topological polar surface area (TPSA) is 43.2 Å². The third-order valence-corrected chi connectivity index (χ3v) is 9.45. The van der Waals surface area contributed by atoms with Crippen LogP contribution in [0.3, 0.4) is 0 Å². The summed E-state index contributed by atoms with van der Waals surface area (Å²) in [4.78, 5) is 11.9. The van der Waals surface area contributed by atoms with Crippen LogP contribution in [0, 0.1) is 0 Å². The van der Waals surface area contributed by atoms with E-state index in [0.29, 0.717) is 0 Å². The van der Waals surface area contributed by atoms with Crippen LogP contribution in [-0.4, -0.2) is 14.5 Å². The normalized spacial score (nSPS) is 12.6. The zero-order valence-electron chi connectivity index (χ0n) is 27.2. The van der Waals surface area contributed by atoms with Crippen LogP contribution in [0.25, 0.3) is 16.9 Å². The molecule has 0 saturated heterocycles. The molecule has 9 rings (SSSR count). The Hall–Kier alpha value is -6.72. The Bertz CT molecular complexity index is 2340. The van der Waals surface area contributed by atoms with Crippen molar-refractivity contribution in [2.24, 2.45) is 0 Å². The number of pyridine rings is 2. The average Bonchev–Trinajstić information content (AvgIpc) is 3.78. The van der Waals surface area contributed by atoms with Crippen LogP contribution in [-0.2, 0) is 5.41 Å². The molecule has 238 valence electrons. The van der Waals surface area contributed by atoms with E-state index >= 15 is 0 Å². The van der Waals surface area contributed by atoms with Crippen molar-refractivity contribution in [3.05, 3.63) is 217 Å². The van der Waals surface area contributed by atoms with E-state index in [0.717, 1.165) is 45.6 Å². The quantitative estimate of drug-likeness (QED) is 0.165. The summed E-state index contributed by atoms with van der Waals surface area (Å²) in [7, 11) is 0. The number of aromatic nitrogens is 3. The molecule has 5 aromatic carbocycles. The Balaban J connectivity index is 1.07. The molecular formula is C45H32N4O. The number of hydrogen-bond acceptors (Lipinski definition) is 4. The van der Waals surface area contributed by atoms with Crippen molar-refractivity contribution in [2.45, 2.75) is 5.41 Å². The van der Waals surface area contributed by atoms with Gasteiger partial charge in [-0.2, -0.15) is 0 Å². The Morgan fingerprint density at radius 2 is 1.16 bits per heavy atom. The van der Waals surface area contributed by atoms with Gasteiger partial charge in [0.25, 0.3) is 0 Å². The average molecular weight is 645 g/mol. The minimum Gasteiger partial charge on any atom is -0.456 e. The van der Waals surface area contributed by atoms with Gasteiger partial charge in [0.15, 0.2) is 0 Å². The number of fused-ring (bicyclic) bond motifs is 3. The molecule has 0 atom stereocenters. The fourth-order valence-electron chi connectivity index (χ4n) is 7.35. The van der Waals surface area contributed by atoms with Gasteiger partial charge in [-0.15, -0.1) is 0 Å². The molecule has 0 aliphatic heterocycles. The first kappa shape index (κ1) is 29.4. The zero-order valence-corrected chi connectivity index (χ0v) is 27.2. The summed E-state index contributed by atoms with van der Waals surface area (Å²) in [6.07, 6.45) is 7.69. The first-order valence-electron chi connectivity index (χ1n) is 16.7. The largest absolute Gasteiger partial charge is 0.456 e. The van der Waals surface area contributed by atoms with Crippen molar-refractivity contribution in [2.75, 3.05) is 4.90 Å². The molecule has 0 N–H and O–H groups in total. The molecule has 3 aromatic heterocycles. The van der Waals surface area contributed by atoms with Gasteiger partial charge in [0.2, 0.25) is 0 Å². The lowest BCUT2D eigenvalue weighted by Crippen LogP contribution is -2.29. The number of hydrogen-bond donors (Lipinski definition) is 0. The Morgan fingerprint density at radius 1 is 0.500 bits per heavy atom. The van der Waals surface area contributed by atoms with Crippen LogP contribution in [0.1, 0.15) is 22.4 Å². The highest BCUT2D eigenvalue weighted by Crippen LogP contribution is 2.55. The second kappa shape index (κ2) is 12.4. The molecule has 0 saturated carbocycles. The second-order valence-electron chi connectivity index (χ2n) is 12.3. The highest BCUT2D eigenvalue weighted by Gasteiger charge is 2.47. The smallest absolute Gasteiger partial charge is 0.145 e. The number of benzene rings is 5. The predicted molar refractivity (Wildman–Crippen MR) is 200 cm³/mol. The number of para-hydroxylation sites is 2. The van der Waals surface area contributed by atoms with E-state index in [4.69, 9.17) is 14.7 Å². The molecule has 3 heterocycles. The summed E-state index contributed by atoms with van der Waals surface area (Å²) in [5.41, 5.74) is 9.53. The van der Waals surface area contributed by atoms with Gasteiger partial charge in [0, 0.05) is 36.0 Å². The lowest BCUT2D eigenvalue weighted by Gasteiger charge is -2.32. The SMILES string of the molecule is c1ccc(N(c2ccccc2)c2ccnc(-n3ccc(Oc4cccc(C5(c6ccccn6)c6ccccc6-c6ccccc65)c4)c3)c2)cc1. The Morgan fingerprint density at radius 3 is 1.84 bits per heavy atom. The molecule has 0 radical (unpaired) electrons. The van der Waals surface area contributed by atoms with E-state index < -0.39 is 5.41 Å². The molecule has 1 aliphatic rings. The van der Waals surface area contributed by atoms with E-state index in [2.05, 4.69) is 138 Å². The lowest BCUT2D eigenvalue weighted by molar-refractivity contribution is 0.481. The molecule has 0 unspecified atom stereocenters. The number of rotatable bonds is 8. The van der Waals surface area contributed by atoms with E-state index in [-0.39, 0.29) is 0 Å². The predicted octanol–water partition coefficient (Wildman–Crippen LogP) is 10.9. The summed E-state index contributed by atoms with van der Waals surface area (Å²) >= 11 is 0. The van der Waals surface area contributed by atoms with Crippen LogP contribution in [0.2, 0.25) is 0 Å². The van der Waals surface area contributed by atoms with E-state index in [9.17, 15) is 0 Å². The monoisotopic (exact) mass is 644 g/mol. The maximum atomic E-state index is 6.57. The summed E-state index contributed by atoms with van der Waals surface area (Å²) in [5.74, 6) is 2.26. The standard InChI is InChI=1S/C45H32N4O/c1-3-15-34(16-4-1)49(35-17-5-2-6-18-35)36-25-28-47-44(31-36)48-29-26-38(32-48)50-37-19-13-14-33(30-37)45(43-24-11-12-27-46-43)41-22-9-7-20-39(41)40-21-8-10-23-42(40)45/h1-32H. The van der Waals surface area contributed by atoms with Gasteiger partial charge in [-0.05, 0) is 88.5 Å². The van der Waals surface area contributed by atoms with Crippen molar-refractivity contribution in [3.63, 3.8) is 0 Å². The third kappa shape index (κ3) is 4.95. The molecule has 0 fully saturated rings. The fraction of sp³-hybridized carbons (Fsp3) is 0.0222. The minimum absolute atomic E-state index is 0.590. The van der Waals surface area contributed by atoms with Crippen LogP contribution in [0.15, 0.2) is 195 Å². The first-order chi connectivity index (χ1) is 24.8. The van der Waals surface area contributed by atoms with Crippen molar-refractivity contribution in [1.82, 2.24) is 14.5 Å².